The van der Waals surface area contributed by atoms with E-state index in [2.05, 4.69) is 27.1 Å². The Balaban J connectivity index is 1.73. The number of amides is 1. The van der Waals surface area contributed by atoms with Gasteiger partial charge in [0.15, 0.2) is 5.69 Å². The van der Waals surface area contributed by atoms with Crippen LogP contribution in [0, 0.1) is 0 Å². The molecule has 1 aliphatic rings. The van der Waals surface area contributed by atoms with E-state index < -0.39 is 0 Å². The molecular weight excluding hydrogens is 330 g/mol. The van der Waals surface area contributed by atoms with Crippen LogP contribution in [0.15, 0.2) is 36.7 Å². The van der Waals surface area contributed by atoms with Gasteiger partial charge in [-0.1, -0.05) is 0 Å². The third-order valence-electron chi connectivity index (χ3n) is 4.87. The first-order chi connectivity index (χ1) is 12.7. The molecular formula is C19H21N5O2. The number of hydrogen-bond acceptors (Lipinski definition) is 5. The largest absolute Gasteiger partial charge is 0.496 e. The van der Waals surface area contributed by atoms with Crippen molar-refractivity contribution < 1.29 is 9.53 Å². The Morgan fingerprint density at radius 1 is 1.15 bits per heavy atom. The van der Waals surface area contributed by atoms with E-state index in [1.54, 1.807) is 19.5 Å². The van der Waals surface area contributed by atoms with E-state index in [-0.39, 0.29) is 5.91 Å². The van der Waals surface area contributed by atoms with Gasteiger partial charge in [-0.05, 0) is 36.9 Å². The van der Waals surface area contributed by atoms with Crippen molar-refractivity contribution in [3.63, 3.8) is 0 Å². The number of fused-ring (bicyclic) bond motifs is 1. The number of ether oxygens (including phenoxy) is 1. The van der Waals surface area contributed by atoms with Gasteiger partial charge in [0.2, 0.25) is 0 Å². The van der Waals surface area contributed by atoms with Crippen LogP contribution in [0.3, 0.4) is 0 Å². The Hall–Kier alpha value is -2.93. The van der Waals surface area contributed by atoms with Crippen LogP contribution in [-0.4, -0.2) is 71.2 Å². The number of H-pyrrole nitrogens is 1. The molecule has 0 saturated carbocycles. The average molecular weight is 351 g/mol. The predicted molar refractivity (Wildman–Crippen MR) is 99.3 cm³/mol. The zero-order valence-corrected chi connectivity index (χ0v) is 14.9. The second kappa shape index (κ2) is 6.76. The maximum absolute atomic E-state index is 12.9. The second-order valence-electron chi connectivity index (χ2n) is 6.50. The molecule has 26 heavy (non-hydrogen) atoms. The number of likely N-dealkylation sites (N-methyl/N-ethyl adjacent to an activating group) is 1. The second-order valence-corrected chi connectivity index (χ2v) is 6.50. The zero-order chi connectivity index (χ0) is 18.1. The van der Waals surface area contributed by atoms with Gasteiger partial charge in [-0.2, -0.15) is 5.10 Å². The summed E-state index contributed by atoms with van der Waals surface area (Å²) in [5, 5.41) is 8.08. The molecule has 0 unspecified atom stereocenters. The predicted octanol–water partition coefficient (Wildman–Crippen LogP) is 2.02. The molecule has 2 aromatic heterocycles. The highest BCUT2D eigenvalue weighted by Gasteiger charge is 2.25. The van der Waals surface area contributed by atoms with Crippen LogP contribution in [0.5, 0.6) is 5.75 Å². The van der Waals surface area contributed by atoms with E-state index >= 15 is 0 Å². The molecule has 134 valence electrons. The van der Waals surface area contributed by atoms with Gasteiger partial charge >= 0.3 is 0 Å². The maximum Gasteiger partial charge on any atom is 0.275 e. The molecule has 7 nitrogen and oxygen atoms in total. The Bertz CT molecular complexity index is 930. The fourth-order valence-corrected chi connectivity index (χ4v) is 3.29. The number of benzene rings is 1. The number of piperazine rings is 1. The molecule has 1 amide bonds. The van der Waals surface area contributed by atoms with Gasteiger partial charge in [-0.3, -0.25) is 14.9 Å². The zero-order valence-electron chi connectivity index (χ0n) is 14.9. The van der Waals surface area contributed by atoms with Crippen molar-refractivity contribution >= 4 is 16.8 Å². The SMILES string of the molecule is COc1cc2c(C(=O)N3CCN(C)CC3)n[nH]c2cc1-c1ccncc1. The van der Waals surface area contributed by atoms with Crippen molar-refractivity contribution in [2.24, 2.45) is 0 Å². The summed E-state index contributed by atoms with van der Waals surface area (Å²) in [5.74, 6) is 0.667. The summed E-state index contributed by atoms with van der Waals surface area (Å²) in [7, 11) is 3.70. The van der Waals surface area contributed by atoms with Crippen molar-refractivity contribution in [1.82, 2.24) is 25.0 Å². The minimum absolute atomic E-state index is 0.0388. The Labute approximate surface area is 151 Å². The fourth-order valence-electron chi connectivity index (χ4n) is 3.29. The number of methoxy groups -OCH3 is 1. The van der Waals surface area contributed by atoms with Crippen LogP contribution in [0.25, 0.3) is 22.0 Å². The average Bonchev–Trinajstić information content (AvgIpc) is 3.10. The smallest absolute Gasteiger partial charge is 0.275 e. The summed E-state index contributed by atoms with van der Waals surface area (Å²) in [6, 6.07) is 7.71. The van der Waals surface area contributed by atoms with E-state index in [1.165, 1.54) is 0 Å². The third-order valence-corrected chi connectivity index (χ3v) is 4.87. The van der Waals surface area contributed by atoms with Crippen LogP contribution < -0.4 is 4.74 Å². The highest BCUT2D eigenvalue weighted by Crippen LogP contribution is 2.34. The quantitative estimate of drug-likeness (QED) is 0.781. The number of hydrogen-bond donors (Lipinski definition) is 1. The molecule has 0 bridgehead atoms. The molecule has 0 aliphatic carbocycles. The minimum atomic E-state index is -0.0388. The number of aromatic nitrogens is 3. The number of rotatable bonds is 3. The molecule has 1 saturated heterocycles. The molecule has 3 aromatic rings. The van der Waals surface area contributed by atoms with Crippen molar-refractivity contribution in [1.29, 1.82) is 0 Å². The van der Waals surface area contributed by atoms with Gasteiger partial charge in [0, 0.05) is 49.5 Å². The van der Waals surface area contributed by atoms with Crippen LogP contribution in [-0.2, 0) is 0 Å². The van der Waals surface area contributed by atoms with Crippen molar-refractivity contribution in [2.75, 3.05) is 40.3 Å². The van der Waals surface area contributed by atoms with Crippen molar-refractivity contribution in [3.8, 4) is 16.9 Å². The highest BCUT2D eigenvalue weighted by molar-refractivity contribution is 6.06. The maximum atomic E-state index is 12.9. The standard InChI is InChI=1S/C19H21N5O2/c1-23-7-9-24(10-8-23)19(25)18-15-12-17(26-2)14(11-16(15)21-22-18)13-3-5-20-6-4-13/h3-6,11-12H,7-10H2,1-2H3,(H,21,22). The summed E-state index contributed by atoms with van der Waals surface area (Å²) in [6.45, 7) is 3.19. The molecule has 1 fully saturated rings. The molecule has 0 spiro atoms. The Kier molecular flexibility index (Phi) is 4.30. The monoisotopic (exact) mass is 351 g/mol. The van der Waals surface area contributed by atoms with Crippen LogP contribution >= 0.6 is 0 Å². The lowest BCUT2D eigenvalue weighted by Crippen LogP contribution is -2.47. The van der Waals surface area contributed by atoms with E-state index in [0.29, 0.717) is 11.4 Å². The van der Waals surface area contributed by atoms with Gasteiger partial charge in [0.25, 0.3) is 5.91 Å². The van der Waals surface area contributed by atoms with Gasteiger partial charge in [-0.15, -0.1) is 0 Å². The molecule has 4 rings (SSSR count). The topological polar surface area (TPSA) is 74.3 Å². The summed E-state index contributed by atoms with van der Waals surface area (Å²) in [5.41, 5.74) is 3.20. The number of pyridine rings is 1. The summed E-state index contributed by atoms with van der Waals surface area (Å²) >= 11 is 0. The lowest BCUT2D eigenvalue weighted by Gasteiger charge is -2.32. The number of carbonyl (C=O) groups excluding carboxylic acids is 1. The number of carbonyl (C=O) groups is 1. The first-order valence-electron chi connectivity index (χ1n) is 8.61. The highest BCUT2D eigenvalue weighted by atomic mass is 16.5. The van der Waals surface area contributed by atoms with Crippen LogP contribution in [0.1, 0.15) is 10.5 Å². The van der Waals surface area contributed by atoms with Gasteiger partial charge < -0.3 is 14.5 Å². The lowest BCUT2D eigenvalue weighted by molar-refractivity contribution is 0.0660. The number of aromatic amines is 1. The molecule has 3 heterocycles. The number of nitrogens with one attached hydrogen (secondary N) is 1. The summed E-state index contributed by atoms with van der Waals surface area (Å²) < 4.78 is 5.58. The van der Waals surface area contributed by atoms with Crippen LogP contribution in [0.4, 0.5) is 0 Å². The lowest BCUT2D eigenvalue weighted by atomic mass is 10.0. The number of nitrogens with zero attached hydrogens (tertiary/aromatic N) is 4. The van der Waals surface area contributed by atoms with Crippen molar-refractivity contribution in [2.45, 2.75) is 0 Å². The molecule has 1 N–H and O–H groups in total. The van der Waals surface area contributed by atoms with Gasteiger partial charge in [0.1, 0.15) is 5.75 Å². The molecule has 1 aromatic carbocycles. The van der Waals surface area contributed by atoms with E-state index in [1.807, 2.05) is 29.2 Å². The Morgan fingerprint density at radius 2 is 1.88 bits per heavy atom. The van der Waals surface area contributed by atoms with E-state index in [4.69, 9.17) is 4.74 Å². The van der Waals surface area contributed by atoms with Crippen molar-refractivity contribution in [3.05, 3.63) is 42.4 Å². The third kappa shape index (κ3) is 2.90. The summed E-state index contributed by atoms with van der Waals surface area (Å²) in [4.78, 5) is 21.0. The first kappa shape index (κ1) is 16.5. The first-order valence-corrected chi connectivity index (χ1v) is 8.61. The molecule has 7 heteroatoms. The van der Waals surface area contributed by atoms with E-state index in [0.717, 1.165) is 48.2 Å². The van der Waals surface area contributed by atoms with E-state index in [9.17, 15) is 4.79 Å². The molecule has 0 atom stereocenters. The normalized spacial score (nSPS) is 15.4. The molecule has 0 radical (unpaired) electrons. The van der Waals surface area contributed by atoms with Gasteiger partial charge in [0.05, 0.1) is 12.6 Å². The van der Waals surface area contributed by atoms with Gasteiger partial charge in [-0.25, -0.2) is 0 Å². The van der Waals surface area contributed by atoms with Crippen LogP contribution in [0.2, 0.25) is 0 Å². The molecule has 1 aliphatic heterocycles. The minimum Gasteiger partial charge on any atom is -0.496 e. The summed E-state index contributed by atoms with van der Waals surface area (Å²) in [6.07, 6.45) is 3.49. The Morgan fingerprint density at radius 3 is 2.58 bits per heavy atom. The fraction of sp³-hybridized carbons (Fsp3) is 0.316.